The van der Waals surface area contributed by atoms with Gasteiger partial charge in [0.15, 0.2) is 0 Å². The first-order valence-electron chi connectivity index (χ1n) is 3.74. The molecular weight excluding hydrogens is 206 g/mol. The van der Waals surface area contributed by atoms with Crippen LogP contribution in [0.15, 0.2) is 10.7 Å². The first-order chi connectivity index (χ1) is 5.27. The maximum absolute atomic E-state index is 5.73. The summed E-state index contributed by atoms with van der Waals surface area (Å²) in [6.45, 7) is 0.984. The van der Waals surface area contributed by atoms with Gasteiger partial charge in [-0.05, 0) is 34.7 Å². The second-order valence-corrected chi connectivity index (χ2v) is 3.86. The van der Waals surface area contributed by atoms with Crippen LogP contribution in [0.2, 0.25) is 0 Å². The molecule has 0 amide bonds. The molecule has 0 unspecified atom stereocenters. The molecule has 2 N–H and O–H groups in total. The van der Waals surface area contributed by atoms with Gasteiger partial charge in [-0.3, -0.25) is 0 Å². The number of hydrogen-bond acceptors (Lipinski definition) is 2. The zero-order valence-corrected chi connectivity index (χ0v) is 7.71. The molecule has 1 heterocycles. The van der Waals surface area contributed by atoms with Crippen LogP contribution in [0.25, 0.3) is 0 Å². The smallest absolute Gasteiger partial charge is 0.136 e. The molecule has 0 atom stereocenters. The third-order valence-corrected chi connectivity index (χ3v) is 2.57. The van der Waals surface area contributed by atoms with E-state index in [1.54, 1.807) is 6.20 Å². The lowest BCUT2D eigenvalue weighted by atomic mass is 10.4. The fourth-order valence-electron chi connectivity index (χ4n) is 1.06. The molecule has 11 heavy (non-hydrogen) atoms. The van der Waals surface area contributed by atoms with Crippen LogP contribution >= 0.6 is 15.9 Å². The molecule has 0 aliphatic heterocycles. The van der Waals surface area contributed by atoms with E-state index in [2.05, 4.69) is 21.0 Å². The van der Waals surface area contributed by atoms with Gasteiger partial charge in [-0.25, -0.2) is 4.68 Å². The average molecular weight is 216 g/mol. The summed E-state index contributed by atoms with van der Waals surface area (Å²) in [6.07, 6.45) is 4.41. The average Bonchev–Trinajstić information content (AvgIpc) is 2.74. The standard InChI is InChI=1S/C7H10BrN3/c8-6-3-10-11(7(6)9)4-5-1-2-5/h3,5H,1-2,4,9H2. The Morgan fingerprint density at radius 1 is 1.73 bits per heavy atom. The Hall–Kier alpha value is -0.510. The topological polar surface area (TPSA) is 43.8 Å². The van der Waals surface area contributed by atoms with Crippen LogP contribution in [0, 0.1) is 5.92 Å². The van der Waals surface area contributed by atoms with E-state index in [0.717, 1.165) is 22.8 Å². The molecule has 4 heteroatoms. The quantitative estimate of drug-likeness (QED) is 0.816. The first-order valence-corrected chi connectivity index (χ1v) is 4.53. The summed E-state index contributed by atoms with van der Waals surface area (Å²) in [6, 6.07) is 0. The van der Waals surface area contributed by atoms with E-state index in [-0.39, 0.29) is 0 Å². The SMILES string of the molecule is Nc1c(Br)cnn1CC1CC1. The van der Waals surface area contributed by atoms with Crippen molar-refractivity contribution in [2.24, 2.45) is 5.92 Å². The van der Waals surface area contributed by atoms with Crippen molar-refractivity contribution >= 4 is 21.7 Å². The minimum atomic E-state index is 0.747. The zero-order chi connectivity index (χ0) is 7.84. The molecule has 1 aliphatic carbocycles. The summed E-state index contributed by atoms with van der Waals surface area (Å²) in [5, 5.41) is 4.14. The number of rotatable bonds is 2. The highest BCUT2D eigenvalue weighted by Crippen LogP contribution is 2.31. The Labute approximate surface area is 73.7 Å². The van der Waals surface area contributed by atoms with Gasteiger partial charge < -0.3 is 5.73 Å². The zero-order valence-electron chi connectivity index (χ0n) is 6.13. The highest BCUT2D eigenvalue weighted by atomic mass is 79.9. The molecule has 0 bridgehead atoms. The van der Waals surface area contributed by atoms with E-state index in [1.165, 1.54) is 12.8 Å². The lowest BCUT2D eigenvalue weighted by Gasteiger charge is -2.00. The van der Waals surface area contributed by atoms with Crippen molar-refractivity contribution in [3.63, 3.8) is 0 Å². The normalized spacial score (nSPS) is 17.2. The van der Waals surface area contributed by atoms with Crippen molar-refractivity contribution in [1.29, 1.82) is 0 Å². The monoisotopic (exact) mass is 215 g/mol. The second-order valence-electron chi connectivity index (χ2n) is 3.00. The van der Waals surface area contributed by atoms with Crippen LogP contribution in [-0.4, -0.2) is 9.78 Å². The number of aromatic nitrogens is 2. The fourth-order valence-corrected chi connectivity index (χ4v) is 1.36. The summed E-state index contributed by atoms with van der Waals surface area (Å²) >= 11 is 3.32. The predicted molar refractivity (Wildman–Crippen MR) is 47.1 cm³/mol. The van der Waals surface area contributed by atoms with Gasteiger partial charge in [0.2, 0.25) is 0 Å². The van der Waals surface area contributed by atoms with Gasteiger partial charge >= 0.3 is 0 Å². The van der Waals surface area contributed by atoms with E-state index in [1.807, 2.05) is 4.68 Å². The summed E-state index contributed by atoms with van der Waals surface area (Å²) in [5.74, 6) is 1.57. The summed E-state index contributed by atoms with van der Waals surface area (Å²) in [5.41, 5.74) is 5.73. The van der Waals surface area contributed by atoms with Crippen LogP contribution in [0.1, 0.15) is 12.8 Å². The minimum Gasteiger partial charge on any atom is -0.383 e. The van der Waals surface area contributed by atoms with Crippen molar-refractivity contribution < 1.29 is 0 Å². The summed E-state index contributed by atoms with van der Waals surface area (Å²) in [7, 11) is 0. The van der Waals surface area contributed by atoms with Crippen LogP contribution < -0.4 is 5.73 Å². The molecule has 2 rings (SSSR count). The van der Waals surface area contributed by atoms with Gasteiger partial charge in [0.1, 0.15) is 5.82 Å². The second kappa shape index (κ2) is 2.52. The van der Waals surface area contributed by atoms with Gasteiger partial charge in [0.25, 0.3) is 0 Å². The number of anilines is 1. The Bertz CT molecular complexity index is 265. The number of nitrogens with two attached hydrogens (primary N) is 1. The molecule has 0 spiro atoms. The molecule has 0 saturated heterocycles. The van der Waals surface area contributed by atoms with Gasteiger partial charge in [-0.2, -0.15) is 5.10 Å². The maximum Gasteiger partial charge on any atom is 0.136 e. The molecule has 1 saturated carbocycles. The molecule has 1 aliphatic rings. The Balaban J connectivity index is 2.15. The van der Waals surface area contributed by atoms with Crippen LogP contribution in [0.4, 0.5) is 5.82 Å². The number of hydrogen-bond donors (Lipinski definition) is 1. The minimum absolute atomic E-state index is 0.747. The van der Waals surface area contributed by atoms with Crippen molar-refractivity contribution in [2.45, 2.75) is 19.4 Å². The van der Waals surface area contributed by atoms with Crippen molar-refractivity contribution in [3.8, 4) is 0 Å². The Morgan fingerprint density at radius 2 is 2.45 bits per heavy atom. The summed E-state index contributed by atoms with van der Waals surface area (Å²) < 4.78 is 2.76. The van der Waals surface area contributed by atoms with Crippen LogP contribution in [0.5, 0.6) is 0 Å². The maximum atomic E-state index is 5.73. The third-order valence-electron chi connectivity index (χ3n) is 1.96. The van der Waals surface area contributed by atoms with E-state index in [4.69, 9.17) is 5.73 Å². The van der Waals surface area contributed by atoms with Gasteiger partial charge in [0.05, 0.1) is 10.7 Å². The fraction of sp³-hybridized carbons (Fsp3) is 0.571. The molecular formula is C7H10BrN3. The molecule has 1 aromatic rings. The van der Waals surface area contributed by atoms with E-state index < -0.39 is 0 Å². The van der Waals surface area contributed by atoms with Gasteiger partial charge in [-0.1, -0.05) is 0 Å². The van der Waals surface area contributed by atoms with Crippen molar-refractivity contribution in [2.75, 3.05) is 5.73 Å². The predicted octanol–water partition coefficient (Wildman–Crippen LogP) is 1.64. The molecule has 1 aromatic heterocycles. The van der Waals surface area contributed by atoms with Crippen molar-refractivity contribution in [1.82, 2.24) is 9.78 Å². The van der Waals surface area contributed by atoms with E-state index in [9.17, 15) is 0 Å². The highest BCUT2D eigenvalue weighted by Gasteiger charge is 2.23. The van der Waals surface area contributed by atoms with E-state index in [0.29, 0.717) is 0 Å². The number of halogens is 1. The van der Waals surface area contributed by atoms with Crippen molar-refractivity contribution in [3.05, 3.63) is 10.7 Å². The summed E-state index contributed by atoms with van der Waals surface area (Å²) in [4.78, 5) is 0. The Kier molecular flexibility index (Phi) is 1.64. The first kappa shape index (κ1) is 7.16. The molecule has 0 aromatic carbocycles. The molecule has 3 nitrogen and oxygen atoms in total. The number of nitrogen functional groups attached to an aromatic ring is 1. The Morgan fingerprint density at radius 3 is 2.91 bits per heavy atom. The number of nitrogens with zero attached hydrogens (tertiary/aromatic N) is 2. The molecule has 0 radical (unpaired) electrons. The molecule has 60 valence electrons. The van der Waals surface area contributed by atoms with E-state index >= 15 is 0 Å². The third kappa shape index (κ3) is 1.40. The van der Waals surface area contributed by atoms with Gasteiger partial charge in [-0.15, -0.1) is 0 Å². The molecule has 1 fully saturated rings. The largest absolute Gasteiger partial charge is 0.383 e. The van der Waals surface area contributed by atoms with Crippen LogP contribution in [-0.2, 0) is 6.54 Å². The lowest BCUT2D eigenvalue weighted by Crippen LogP contribution is -2.05. The van der Waals surface area contributed by atoms with Gasteiger partial charge in [0, 0.05) is 6.54 Å². The highest BCUT2D eigenvalue weighted by molar-refractivity contribution is 9.10. The van der Waals surface area contributed by atoms with Crippen LogP contribution in [0.3, 0.4) is 0 Å². The lowest BCUT2D eigenvalue weighted by molar-refractivity contribution is 0.570.